The van der Waals surface area contributed by atoms with Crippen LogP contribution in [0.3, 0.4) is 0 Å². The number of ketones is 1. The third kappa shape index (κ3) is 8.13. The van der Waals surface area contributed by atoms with Crippen molar-refractivity contribution in [1.82, 2.24) is 39.8 Å². The van der Waals surface area contributed by atoms with Gasteiger partial charge >= 0.3 is 6.09 Å². The molecule has 3 aliphatic rings. The molecular weight excluding hydrogens is 809 g/mol. The number of imidazole rings is 2. The molecule has 0 bridgehead atoms. The highest BCUT2D eigenvalue weighted by molar-refractivity contribution is 6.16. The highest BCUT2D eigenvalue weighted by Gasteiger charge is 2.36. The molecule has 3 fully saturated rings. The van der Waals surface area contributed by atoms with E-state index in [0.717, 1.165) is 87.5 Å². The summed E-state index contributed by atoms with van der Waals surface area (Å²) in [5.41, 5.74) is 10.1. The lowest BCUT2D eigenvalue weighted by Gasteiger charge is -2.20. The quantitative estimate of drug-likeness (QED) is 0.129. The van der Waals surface area contributed by atoms with Crippen LogP contribution in [0, 0.1) is 27.7 Å². The van der Waals surface area contributed by atoms with Crippen molar-refractivity contribution >= 4 is 33.9 Å². The number of H-pyrrole nitrogens is 1. The number of carbonyl (C=O) groups is 2. The first kappa shape index (κ1) is 41.2. The first-order valence-electron chi connectivity index (χ1n) is 22.0. The number of fused-ring (bicyclic) bond motifs is 2. The minimum absolute atomic E-state index is 0.153. The Kier molecular flexibility index (Phi) is 10.4. The number of carbonyl (C=O) groups excluding carboxylic acids is 2. The third-order valence-electron chi connectivity index (χ3n) is 11.8. The number of ether oxygens (including phenoxy) is 2. The lowest BCUT2D eigenvalue weighted by Crippen LogP contribution is -2.28. The number of pyridine rings is 2. The minimum Gasteiger partial charge on any atom is -0.443 e. The van der Waals surface area contributed by atoms with E-state index < -0.39 is 11.7 Å². The second-order valence-electron chi connectivity index (χ2n) is 18.2. The number of nitrogens with one attached hydrogen (secondary N) is 1. The monoisotopic (exact) mass is 858 g/mol. The molecular formula is C50H50N8O6. The van der Waals surface area contributed by atoms with E-state index in [1.54, 1.807) is 30.5 Å². The number of aryl methyl sites for hydroxylation is 4. The molecule has 11 rings (SSSR count). The Balaban J connectivity index is 0.000000152. The number of hydrogen-bond donors (Lipinski definition) is 1. The summed E-state index contributed by atoms with van der Waals surface area (Å²) in [6, 6.07) is 19.2. The second-order valence-corrected chi connectivity index (χ2v) is 18.2. The first-order chi connectivity index (χ1) is 30.8. The van der Waals surface area contributed by atoms with Crippen molar-refractivity contribution in [3.63, 3.8) is 0 Å². The predicted octanol–water partition coefficient (Wildman–Crippen LogP) is 11.0. The van der Waals surface area contributed by atoms with Crippen LogP contribution >= 0.6 is 0 Å². The summed E-state index contributed by atoms with van der Waals surface area (Å²) >= 11 is 0. The highest BCUT2D eigenvalue weighted by Crippen LogP contribution is 2.45. The maximum atomic E-state index is 13.6. The van der Waals surface area contributed by atoms with Crippen molar-refractivity contribution in [3.05, 3.63) is 130 Å². The van der Waals surface area contributed by atoms with Crippen molar-refractivity contribution in [2.45, 2.75) is 117 Å². The van der Waals surface area contributed by atoms with E-state index in [0.29, 0.717) is 45.5 Å². The van der Waals surface area contributed by atoms with Gasteiger partial charge in [-0.25, -0.2) is 19.3 Å². The van der Waals surface area contributed by atoms with Gasteiger partial charge in [0, 0.05) is 40.9 Å². The standard InChI is InChI=1S/C26H26N4O4.C24H24N4O2/c1-14-21(15(2)34-29-14)17-12-18(23(31)19-8-6-7-11-27-19)22-20(13-17)30(24(28-22)16-9-10-16)25(32)33-26(3,4)5;1-13-21(14(2)30-28-13)16-11-18(22-20(12-16)26-24(27-22)15-6-7-15)23(29-17-8-9-17)19-5-3-4-10-25-19/h6-8,11-13,16H,9-10H2,1-5H3;3-5,10-12,15,17,23H,6-9H2,1-2H3,(H,26,27). The van der Waals surface area contributed by atoms with E-state index in [1.165, 1.54) is 17.4 Å². The van der Waals surface area contributed by atoms with Crippen LogP contribution in [0.1, 0.15) is 139 Å². The Morgan fingerprint density at radius 1 is 0.766 bits per heavy atom. The van der Waals surface area contributed by atoms with E-state index in [9.17, 15) is 9.59 Å². The Bertz CT molecular complexity index is 3020. The maximum absolute atomic E-state index is 13.6. The zero-order chi connectivity index (χ0) is 44.4. The van der Waals surface area contributed by atoms with Gasteiger partial charge in [0.25, 0.3) is 0 Å². The van der Waals surface area contributed by atoms with Crippen molar-refractivity contribution in [3.8, 4) is 22.3 Å². The number of nitrogens with zero attached hydrogens (tertiary/aromatic N) is 7. The normalized spacial score (nSPS) is 15.6. The van der Waals surface area contributed by atoms with Crippen molar-refractivity contribution in [1.29, 1.82) is 0 Å². The first-order valence-corrected chi connectivity index (χ1v) is 22.0. The Labute approximate surface area is 369 Å². The zero-order valence-corrected chi connectivity index (χ0v) is 37.1. The molecule has 8 aromatic rings. The summed E-state index contributed by atoms with van der Waals surface area (Å²) in [5, 5.41) is 8.23. The van der Waals surface area contributed by atoms with Gasteiger partial charge in [0.2, 0.25) is 5.78 Å². The molecule has 6 aromatic heterocycles. The van der Waals surface area contributed by atoms with E-state index in [4.69, 9.17) is 28.5 Å². The van der Waals surface area contributed by atoms with Gasteiger partial charge in [-0.15, -0.1) is 0 Å². The molecule has 0 spiro atoms. The molecule has 2 aromatic carbocycles. The fraction of sp³-hybridized carbons (Fsp3) is 0.360. The summed E-state index contributed by atoms with van der Waals surface area (Å²) in [6.45, 7) is 13.1. The van der Waals surface area contributed by atoms with Crippen LogP contribution < -0.4 is 0 Å². The molecule has 0 amide bonds. The average Bonchev–Trinajstić information content (AvgIpc) is 4.23. The van der Waals surface area contributed by atoms with Crippen LogP contribution in [-0.2, 0) is 9.47 Å². The largest absolute Gasteiger partial charge is 0.443 e. The number of rotatable bonds is 10. The van der Waals surface area contributed by atoms with Gasteiger partial charge in [0.15, 0.2) is 0 Å². The molecule has 0 aliphatic heterocycles. The van der Waals surface area contributed by atoms with Crippen LogP contribution in [0.5, 0.6) is 0 Å². The number of benzene rings is 2. The summed E-state index contributed by atoms with van der Waals surface area (Å²) in [4.78, 5) is 49.2. The SMILES string of the molecule is Cc1noc(C)c1-c1cc(C(=O)c2ccccn2)c2nc(C3CC3)n(C(=O)OC(C)(C)C)c2c1.Cc1noc(C)c1-c1cc(C(OC2CC2)c2ccccn2)c2nc(C3CC3)[nH]c2c1. The van der Waals surface area contributed by atoms with Gasteiger partial charge < -0.3 is 23.5 Å². The van der Waals surface area contributed by atoms with Crippen LogP contribution in [-0.4, -0.2) is 63.4 Å². The van der Waals surface area contributed by atoms with Crippen LogP contribution in [0.4, 0.5) is 4.79 Å². The zero-order valence-electron chi connectivity index (χ0n) is 37.1. The Hall–Kier alpha value is -6.80. The average molecular weight is 859 g/mol. The molecule has 326 valence electrons. The summed E-state index contributed by atoms with van der Waals surface area (Å²) in [6.07, 6.45) is 9.41. The molecule has 0 saturated heterocycles. The molecule has 14 nitrogen and oxygen atoms in total. The summed E-state index contributed by atoms with van der Waals surface area (Å²) < 4.78 is 24.6. The highest BCUT2D eigenvalue weighted by atomic mass is 16.6. The predicted molar refractivity (Wildman–Crippen MR) is 239 cm³/mol. The van der Waals surface area contributed by atoms with E-state index in [2.05, 4.69) is 37.4 Å². The molecule has 0 radical (unpaired) electrons. The molecule has 14 heteroatoms. The van der Waals surface area contributed by atoms with Gasteiger partial charge in [0.05, 0.1) is 45.3 Å². The Morgan fingerprint density at radius 3 is 1.98 bits per heavy atom. The van der Waals surface area contributed by atoms with E-state index in [1.807, 2.05) is 78.9 Å². The number of hydrogen-bond acceptors (Lipinski definition) is 12. The topological polar surface area (TPSA) is 177 Å². The lowest BCUT2D eigenvalue weighted by atomic mass is 9.96. The number of aromatic amines is 1. The Morgan fingerprint density at radius 2 is 1.42 bits per heavy atom. The van der Waals surface area contributed by atoms with Gasteiger partial charge in [-0.1, -0.05) is 22.4 Å². The van der Waals surface area contributed by atoms with Gasteiger partial charge in [-0.3, -0.25) is 14.8 Å². The molecule has 3 saturated carbocycles. The maximum Gasteiger partial charge on any atom is 0.420 e. The smallest absolute Gasteiger partial charge is 0.420 e. The number of aromatic nitrogens is 8. The van der Waals surface area contributed by atoms with Crippen molar-refractivity contribution < 1.29 is 28.1 Å². The fourth-order valence-corrected chi connectivity index (χ4v) is 8.34. The van der Waals surface area contributed by atoms with E-state index >= 15 is 0 Å². The van der Waals surface area contributed by atoms with Crippen molar-refractivity contribution in [2.24, 2.45) is 0 Å². The van der Waals surface area contributed by atoms with Crippen molar-refractivity contribution in [2.75, 3.05) is 0 Å². The van der Waals surface area contributed by atoms with Crippen LogP contribution in [0.15, 0.2) is 82.1 Å². The molecule has 6 heterocycles. The van der Waals surface area contributed by atoms with Crippen LogP contribution in [0.2, 0.25) is 0 Å². The minimum atomic E-state index is -0.680. The molecule has 1 atom stereocenters. The summed E-state index contributed by atoms with van der Waals surface area (Å²) in [7, 11) is 0. The van der Waals surface area contributed by atoms with Gasteiger partial charge in [0.1, 0.15) is 46.1 Å². The molecule has 1 N–H and O–H groups in total. The molecule has 3 aliphatic carbocycles. The third-order valence-corrected chi connectivity index (χ3v) is 11.8. The van der Waals surface area contributed by atoms with E-state index in [-0.39, 0.29) is 23.9 Å². The van der Waals surface area contributed by atoms with Gasteiger partial charge in [-0.2, -0.15) is 0 Å². The second kappa shape index (κ2) is 16.1. The fourth-order valence-electron chi connectivity index (χ4n) is 8.34. The molecule has 1 unspecified atom stereocenters. The summed E-state index contributed by atoms with van der Waals surface area (Å²) in [5.74, 6) is 3.57. The van der Waals surface area contributed by atoms with Gasteiger partial charge in [-0.05, 0) is 147 Å². The lowest BCUT2D eigenvalue weighted by molar-refractivity contribution is 0.0538. The molecule has 64 heavy (non-hydrogen) atoms. The van der Waals surface area contributed by atoms with Crippen LogP contribution in [0.25, 0.3) is 44.3 Å².